The molecule has 3 aromatic carbocycles. The van der Waals surface area contributed by atoms with Gasteiger partial charge in [0.1, 0.15) is 0 Å². The summed E-state index contributed by atoms with van der Waals surface area (Å²) in [5.74, 6) is -0.187. The normalized spacial score (nSPS) is 11.0. The van der Waals surface area contributed by atoms with Crippen LogP contribution in [0.25, 0.3) is 10.8 Å². The van der Waals surface area contributed by atoms with E-state index in [0.29, 0.717) is 0 Å². The van der Waals surface area contributed by atoms with Crippen molar-refractivity contribution >= 4 is 34.3 Å². The fraction of sp³-hybridized carbons (Fsp3) is 0.280. The molecule has 156 valence electrons. The molecule has 0 aliphatic carbocycles. The first-order valence-electron chi connectivity index (χ1n) is 10.6. The van der Waals surface area contributed by atoms with Crippen LogP contribution < -0.4 is 15.6 Å². The zero-order valence-corrected chi connectivity index (χ0v) is 17.8. The Labute approximate surface area is 178 Å². The molecule has 3 aromatic rings. The number of hydrogen-bond donors (Lipinski definition) is 2. The third-order valence-electron chi connectivity index (χ3n) is 4.88. The molecular formula is C25H30N4O. The van der Waals surface area contributed by atoms with Crippen molar-refractivity contribution in [1.82, 2.24) is 5.43 Å². The first-order chi connectivity index (χ1) is 14.7. The van der Waals surface area contributed by atoms with Crippen molar-refractivity contribution in [2.75, 3.05) is 29.9 Å². The van der Waals surface area contributed by atoms with Gasteiger partial charge in [-0.1, -0.05) is 62.4 Å². The highest BCUT2D eigenvalue weighted by atomic mass is 16.2. The number of amides is 1. The van der Waals surface area contributed by atoms with Crippen LogP contribution in [0, 0.1) is 0 Å². The number of benzene rings is 3. The number of hydrogen-bond acceptors (Lipinski definition) is 4. The Morgan fingerprint density at radius 2 is 1.63 bits per heavy atom. The predicted octanol–water partition coefficient (Wildman–Crippen LogP) is 5.03. The Balaban J connectivity index is 1.51. The Hall–Kier alpha value is -3.34. The average Bonchev–Trinajstić information content (AvgIpc) is 2.78. The summed E-state index contributed by atoms with van der Waals surface area (Å²) < 4.78 is 0. The van der Waals surface area contributed by atoms with Crippen LogP contribution in [0.15, 0.2) is 71.8 Å². The monoisotopic (exact) mass is 402 g/mol. The van der Waals surface area contributed by atoms with Crippen LogP contribution >= 0.6 is 0 Å². The third-order valence-corrected chi connectivity index (χ3v) is 4.88. The van der Waals surface area contributed by atoms with E-state index in [4.69, 9.17) is 0 Å². The van der Waals surface area contributed by atoms with Gasteiger partial charge in [-0.3, -0.25) is 4.79 Å². The van der Waals surface area contributed by atoms with Gasteiger partial charge in [-0.25, -0.2) is 5.43 Å². The van der Waals surface area contributed by atoms with Gasteiger partial charge in [-0.05, 0) is 42.0 Å². The van der Waals surface area contributed by atoms with Crippen molar-refractivity contribution in [2.24, 2.45) is 5.10 Å². The van der Waals surface area contributed by atoms with Gasteiger partial charge in [0, 0.05) is 29.9 Å². The largest absolute Gasteiger partial charge is 0.376 e. The molecule has 0 saturated carbocycles. The summed E-state index contributed by atoms with van der Waals surface area (Å²) in [6.45, 7) is 6.67. The number of nitrogens with zero attached hydrogens (tertiary/aromatic N) is 2. The number of rotatable bonds is 10. The van der Waals surface area contributed by atoms with Crippen molar-refractivity contribution in [1.29, 1.82) is 0 Å². The number of carbonyl (C=O) groups is 1. The summed E-state index contributed by atoms with van der Waals surface area (Å²) in [7, 11) is 0. The molecule has 5 nitrogen and oxygen atoms in total. The van der Waals surface area contributed by atoms with E-state index in [1.807, 2.05) is 42.5 Å². The Morgan fingerprint density at radius 3 is 2.37 bits per heavy atom. The Kier molecular flexibility index (Phi) is 7.84. The number of carbonyl (C=O) groups excluding carboxylic acids is 1. The highest BCUT2D eigenvalue weighted by molar-refractivity contribution is 5.95. The first kappa shape index (κ1) is 21.4. The van der Waals surface area contributed by atoms with Gasteiger partial charge in [0.25, 0.3) is 5.91 Å². The molecule has 0 fully saturated rings. The number of anilines is 2. The molecule has 5 heteroatoms. The second-order valence-corrected chi connectivity index (χ2v) is 7.25. The van der Waals surface area contributed by atoms with E-state index >= 15 is 0 Å². The molecule has 0 heterocycles. The van der Waals surface area contributed by atoms with Crippen LogP contribution in [-0.2, 0) is 4.79 Å². The molecule has 0 radical (unpaired) electrons. The van der Waals surface area contributed by atoms with Crippen molar-refractivity contribution in [3.63, 3.8) is 0 Å². The number of hydrazone groups is 1. The van der Waals surface area contributed by atoms with Crippen molar-refractivity contribution in [3.05, 3.63) is 72.3 Å². The predicted molar refractivity (Wildman–Crippen MR) is 127 cm³/mol. The molecule has 0 spiro atoms. The second-order valence-electron chi connectivity index (χ2n) is 7.25. The smallest absolute Gasteiger partial charge is 0.259 e. The molecule has 0 saturated heterocycles. The van der Waals surface area contributed by atoms with Crippen LogP contribution in [0.1, 0.15) is 32.3 Å². The van der Waals surface area contributed by atoms with Crippen LogP contribution in [0.5, 0.6) is 0 Å². The summed E-state index contributed by atoms with van der Waals surface area (Å²) in [6.07, 6.45) is 3.92. The van der Waals surface area contributed by atoms with E-state index in [-0.39, 0.29) is 12.5 Å². The van der Waals surface area contributed by atoms with Crippen LogP contribution in [0.2, 0.25) is 0 Å². The van der Waals surface area contributed by atoms with Crippen LogP contribution in [0.3, 0.4) is 0 Å². The van der Waals surface area contributed by atoms with Gasteiger partial charge < -0.3 is 10.2 Å². The maximum Gasteiger partial charge on any atom is 0.259 e. The SMILES string of the molecule is CCCN(CCC)c1ccc(/C=N/NC(=O)CNc2cccc3ccccc23)cc1. The van der Waals surface area contributed by atoms with E-state index in [9.17, 15) is 4.79 Å². The molecule has 2 N–H and O–H groups in total. The Morgan fingerprint density at radius 1 is 0.933 bits per heavy atom. The first-order valence-corrected chi connectivity index (χ1v) is 10.6. The van der Waals surface area contributed by atoms with Gasteiger partial charge in [-0.2, -0.15) is 5.10 Å². The molecule has 30 heavy (non-hydrogen) atoms. The molecule has 1 amide bonds. The molecule has 0 unspecified atom stereocenters. The van der Waals surface area contributed by atoms with E-state index < -0.39 is 0 Å². The minimum atomic E-state index is -0.187. The lowest BCUT2D eigenvalue weighted by molar-refractivity contribution is -0.119. The summed E-state index contributed by atoms with van der Waals surface area (Å²) in [4.78, 5) is 14.5. The van der Waals surface area contributed by atoms with Crippen molar-refractivity contribution in [2.45, 2.75) is 26.7 Å². The highest BCUT2D eigenvalue weighted by Crippen LogP contribution is 2.22. The third kappa shape index (κ3) is 5.83. The summed E-state index contributed by atoms with van der Waals surface area (Å²) >= 11 is 0. The fourth-order valence-electron chi connectivity index (χ4n) is 3.45. The topological polar surface area (TPSA) is 56.7 Å². The second kappa shape index (κ2) is 11.0. The lowest BCUT2D eigenvalue weighted by atomic mass is 10.1. The van der Waals surface area contributed by atoms with E-state index in [2.05, 4.69) is 58.9 Å². The molecule has 0 bridgehead atoms. The van der Waals surface area contributed by atoms with Crippen molar-refractivity contribution < 1.29 is 4.79 Å². The lowest BCUT2D eigenvalue weighted by Crippen LogP contribution is -2.26. The minimum Gasteiger partial charge on any atom is -0.376 e. The minimum absolute atomic E-state index is 0.160. The number of fused-ring (bicyclic) bond motifs is 1. The van der Waals surface area contributed by atoms with Crippen LogP contribution in [-0.4, -0.2) is 31.8 Å². The molecule has 3 rings (SSSR count). The summed E-state index contributed by atoms with van der Waals surface area (Å²) in [5, 5.41) is 9.51. The van der Waals surface area contributed by atoms with Crippen LogP contribution in [0.4, 0.5) is 11.4 Å². The highest BCUT2D eigenvalue weighted by Gasteiger charge is 2.05. The van der Waals surface area contributed by atoms with Gasteiger partial charge in [0.05, 0.1) is 12.8 Å². The zero-order valence-electron chi connectivity index (χ0n) is 17.8. The van der Waals surface area contributed by atoms with Gasteiger partial charge >= 0.3 is 0 Å². The maximum atomic E-state index is 12.1. The molecule has 0 atom stereocenters. The van der Waals surface area contributed by atoms with E-state index in [0.717, 1.165) is 48.0 Å². The van der Waals surface area contributed by atoms with E-state index in [1.54, 1.807) is 6.21 Å². The Bertz CT molecular complexity index is 971. The fourth-order valence-corrected chi connectivity index (χ4v) is 3.45. The quantitative estimate of drug-likeness (QED) is 0.369. The van der Waals surface area contributed by atoms with Gasteiger partial charge in [0.2, 0.25) is 0 Å². The molecule has 0 aromatic heterocycles. The summed E-state index contributed by atoms with van der Waals surface area (Å²) in [6, 6.07) is 22.4. The average molecular weight is 403 g/mol. The standard InChI is InChI=1S/C25H30N4O/c1-3-16-29(17-4-2)22-14-12-20(13-15-22)18-27-28-25(30)19-26-24-11-7-9-21-8-5-6-10-23(21)24/h5-15,18,26H,3-4,16-17,19H2,1-2H3,(H,28,30)/b27-18+. The molecule has 0 aliphatic heterocycles. The van der Waals surface area contributed by atoms with Gasteiger partial charge in [0.15, 0.2) is 0 Å². The molecular weight excluding hydrogens is 372 g/mol. The lowest BCUT2D eigenvalue weighted by Gasteiger charge is -2.23. The maximum absolute atomic E-state index is 12.1. The molecule has 0 aliphatic rings. The van der Waals surface area contributed by atoms with Crippen molar-refractivity contribution in [3.8, 4) is 0 Å². The summed E-state index contributed by atoms with van der Waals surface area (Å²) in [5.41, 5.74) is 5.70. The van der Waals surface area contributed by atoms with E-state index in [1.165, 1.54) is 5.69 Å². The number of nitrogens with one attached hydrogen (secondary N) is 2. The van der Waals surface area contributed by atoms with Gasteiger partial charge in [-0.15, -0.1) is 0 Å². The zero-order chi connectivity index (χ0) is 21.2.